The number of hydrogen-bond donors (Lipinski definition) is 2. The third-order valence-corrected chi connectivity index (χ3v) is 5.22. The summed E-state index contributed by atoms with van der Waals surface area (Å²) in [5, 5.41) is 15.4. The molecule has 2 aromatic heterocycles. The van der Waals surface area contributed by atoms with Crippen LogP contribution in [0.4, 0.5) is 0 Å². The molecule has 1 aliphatic heterocycles. The average molecular weight is 369 g/mol. The summed E-state index contributed by atoms with van der Waals surface area (Å²) in [6, 6.07) is 4.98. The highest BCUT2D eigenvalue weighted by Crippen LogP contribution is 2.16. The normalized spacial score (nSPS) is 21.0. The molecule has 0 unspecified atom stereocenters. The number of nitrogens with one attached hydrogen (secondary N) is 1. The second-order valence-corrected chi connectivity index (χ2v) is 7.13. The molecule has 2 N–H and O–H groups in total. The number of nitrogens with zero attached hydrogens (tertiary/aromatic N) is 4. The number of rotatable bonds is 4. The molecule has 1 fully saturated rings. The van der Waals surface area contributed by atoms with Crippen molar-refractivity contribution in [2.45, 2.75) is 25.1 Å². The van der Waals surface area contributed by atoms with E-state index < -0.39 is 6.10 Å². The Kier molecular flexibility index (Phi) is 4.87. The van der Waals surface area contributed by atoms with Crippen LogP contribution in [0.2, 0.25) is 0 Å². The monoisotopic (exact) mass is 369 g/mol. The van der Waals surface area contributed by atoms with E-state index in [0.717, 1.165) is 24.3 Å². The second kappa shape index (κ2) is 7.45. The minimum atomic E-state index is -0.605. The summed E-state index contributed by atoms with van der Waals surface area (Å²) in [4.78, 5) is 27.4. The Morgan fingerprint density at radius 3 is 2.88 bits per heavy atom. The zero-order chi connectivity index (χ0) is 17.9. The van der Waals surface area contributed by atoms with Gasteiger partial charge in [-0.05, 0) is 24.6 Å². The van der Waals surface area contributed by atoms with Crippen LogP contribution in [-0.2, 0) is 6.54 Å². The van der Waals surface area contributed by atoms with Crippen molar-refractivity contribution in [1.29, 1.82) is 0 Å². The molecule has 8 heteroatoms. The molecule has 0 saturated carbocycles. The first-order chi connectivity index (χ1) is 12.7. The van der Waals surface area contributed by atoms with Crippen molar-refractivity contribution in [2.75, 3.05) is 13.1 Å². The zero-order valence-electron chi connectivity index (χ0n) is 14.1. The van der Waals surface area contributed by atoms with Crippen LogP contribution in [0, 0.1) is 0 Å². The molecular formula is C18H19N5O2S. The number of carbonyl (C=O) groups excluding carboxylic acids is 1. The van der Waals surface area contributed by atoms with Gasteiger partial charge >= 0.3 is 0 Å². The SMILES string of the molecule is O=C(N[C@@H]1CCN(Cc2cscn2)C[C@H]1O)c1ccc2nccnc2c1. The molecule has 1 aromatic carbocycles. The molecule has 3 aromatic rings. The van der Waals surface area contributed by atoms with Crippen LogP contribution in [-0.4, -0.2) is 56.1 Å². The Labute approximate surface area is 154 Å². The van der Waals surface area contributed by atoms with Gasteiger partial charge in [0.15, 0.2) is 0 Å². The Morgan fingerprint density at radius 2 is 2.12 bits per heavy atom. The maximum atomic E-state index is 12.5. The quantitative estimate of drug-likeness (QED) is 0.723. The lowest BCUT2D eigenvalue weighted by molar-refractivity contribution is 0.0346. The van der Waals surface area contributed by atoms with Crippen molar-refractivity contribution in [3.8, 4) is 0 Å². The van der Waals surface area contributed by atoms with Crippen molar-refractivity contribution < 1.29 is 9.90 Å². The molecule has 26 heavy (non-hydrogen) atoms. The van der Waals surface area contributed by atoms with Gasteiger partial charge in [-0.2, -0.15) is 0 Å². The largest absolute Gasteiger partial charge is 0.390 e. The van der Waals surface area contributed by atoms with Gasteiger partial charge in [0.2, 0.25) is 0 Å². The van der Waals surface area contributed by atoms with E-state index in [2.05, 4.69) is 25.2 Å². The van der Waals surface area contributed by atoms with Crippen molar-refractivity contribution in [3.05, 3.63) is 52.7 Å². The summed E-state index contributed by atoms with van der Waals surface area (Å²) in [6.07, 6.45) is 3.32. The molecule has 0 spiro atoms. The van der Waals surface area contributed by atoms with Gasteiger partial charge in [-0.3, -0.25) is 19.7 Å². The van der Waals surface area contributed by atoms with Gasteiger partial charge in [0.05, 0.1) is 34.4 Å². The van der Waals surface area contributed by atoms with E-state index in [0.29, 0.717) is 24.0 Å². The predicted octanol–water partition coefficient (Wildman–Crippen LogP) is 1.45. The van der Waals surface area contributed by atoms with Crippen LogP contribution >= 0.6 is 11.3 Å². The number of benzene rings is 1. The molecule has 134 valence electrons. The molecule has 0 bridgehead atoms. The summed E-state index contributed by atoms with van der Waals surface area (Å²) < 4.78 is 0. The van der Waals surface area contributed by atoms with E-state index in [1.807, 2.05) is 10.9 Å². The molecule has 7 nitrogen and oxygen atoms in total. The highest BCUT2D eigenvalue weighted by Gasteiger charge is 2.29. The third kappa shape index (κ3) is 3.72. The highest BCUT2D eigenvalue weighted by molar-refractivity contribution is 7.07. The summed E-state index contributed by atoms with van der Waals surface area (Å²) in [5.41, 5.74) is 4.78. The summed E-state index contributed by atoms with van der Waals surface area (Å²) >= 11 is 1.57. The summed E-state index contributed by atoms with van der Waals surface area (Å²) in [7, 11) is 0. The fourth-order valence-electron chi connectivity index (χ4n) is 3.21. The number of carbonyl (C=O) groups is 1. The maximum absolute atomic E-state index is 12.5. The van der Waals surface area contributed by atoms with Gasteiger partial charge in [0.1, 0.15) is 0 Å². The first kappa shape index (κ1) is 17.0. The van der Waals surface area contributed by atoms with Crippen LogP contribution in [0.5, 0.6) is 0 Å². The molecular weight excluding hydrogens is 350 g/mol. The fraction of sp³-hybridized carbons (Fsp3) is 0.333. The predicted molar refractivity (Wildman–Crippen MR) is 98.8 cm³/mol. The Bertz CT molecular complexity index is 901. The smallest absolute Gasteiger partial charge is 0.251 e. The van der Waals surface area contributed by atoms with Gasteiger partial charge in [-0.25, -0.2) is 4.98 Å². The summed E-state index contributed by atoms with van der Waals surface area (Å²) in [6.45, 7) is 2.05. The molecule has 2 atom stereocenters. The minimum absolute atomic E-state index is 0.199. The van der Waals surface area contributed by atoms with E-state index in [1.165, 1.54) is 0 Å². The number of amides is 1. The molecule has 3 heterocycles. The summed E-state index contributed by atoms with van der Waals surface area (Å²) in [5.74, 6) is -0.199. The van der Waals surface area contributed by atoms with E-state index in [4.69, 9.17) is 0 Å². The Morgan fingerprint density at radius 1 is 1.27 bits per heavy atom. The third-order valence-electron chi connectivity index (χ3n) is 4.58. The van der Waals surface area contributed by atoms with Crippen LogP contribution in [0.15, 0.2) is 41.5 Å². The van der Waals surface area contributed by atoms with Gasteiger partial charge in [-0.15, -0.1) is 11.3 Å². The lowest BCUT2D eigenvalue weighted by Gasteiger charge is -2.35. The second-order valence-electron chi connectivity index (χ2n) is 6.41. The molecule has 1 aliphatic rings. The van der Waals surface area contributed by atoms with Crippen molar-refractivity contribution >= 4 is 28.3 Å². The minimum Gasteiger partial charge on any atom is -0.390 e. The number of thiazole rings is 1. The molecule has 0 aliphatic carbocycles. The van der Waals surface area contributed by atoms with Crippen molar-refractivity contribution in [2.24, 2.45) is 0 Å². The van der Waals surface area contributed by atoms with Crippen LogP contribution in [0.1, 0.15) is 22.5 Å². The molecule has 0 radical (unpaired) electrons. The first-order valence-electron chi connectivity index (χ1n) is 8.48. The Balaban J connectivity index is 1.38. The number of likely N-dealkylation sites (tertiary alicyclic amines) is 1. The number of aliphatic hydroxyl groups is 1. The van der Waals surface area contributed by atoms with E-state index >= 15 is 0 Å². The van der Waals surface area contributed by atoms with Gasteiger partial charge in [-0.1, -0.05) is 0 Å². The average Bonchev–Trinajstić information content (AvgIpc) is 3.16. The van der Waals surface area contributed by atoms with Crippen LogP contribution in [0.3, 0.4) is 0 Å². The lowest BCUT2D eigenvalue weighted by Crippen LogP contribution is -2.53. The number of aromatic nitrogens is 3. The zero-order valence-corrected chi connectivity index (χ0v) is 14.9. The first-order valence-corrected chi connectivity index (χ1v) is 9.42. The number of aliphatic hydroxyl groups excluding tert-OH is 1. The van der Waals surface area contributed by atoms with Crippen molar-refractivity contribution in [1.82, 2.24) is 25.2 Å². The number of β-amino-alcohol motifs (C(OH)–C–C–N with tert-alkyl or cyclic N) is 1. The van der Waals surface area contributed by atoms with Gasteiger partial charge < -0.3 is 10.4 Å². The standard InChI is InChI=1S/C18H19N5O2S/c24-17-9-23(8-13-10-26-11-21-13)6-3-15(17)22-18(25)12-1-2-14-16(7-12)20-5-4-19-14/h1-2,4-5,7,10-11,15,17,24H,3,6,8-9H2,(H,22,25)/t15-,17-/m1/s1. The fourth-order valence-corrected chi connectivity index (χ4v) is 3.76. The van der Waals surface area contributed by atoms with E-state index in [-0.39, 0.29) is 11.9 Å². The van der Waals surface area contributed by atoms with E-state index in [1.54, 1.807) is 41.9 Å². The van der Waals surface area contributed by atoms with E-state index in [9.17, 15) is 9.90 Å². The highest BCUT2D eigenvalue weighted by atomic mass is 32.1. The lowest BCUT2D eigenvalue weighted by atomic mass is 10.0. The number of piperidine rings is 1. The van der Waals surface area contributed by atoms with Gasteiger partial charge in [0.25, 0.3) is 5.91 Å². The molecule has 1 saturated heterocycles. The van der Waals surface area contributed by atoms with Crippen LogP contribution < -0.4 is 5.32 Å². The molecule has 4 rings (SSSR count). The molecule has 1 amide bonds. The van der Waals surface area contributed by atoms with Crippen molar-refractivity contribution in [3.63, 3.8) is 0 Å². The maximum Gasteiger partial charge on any atom is 0.251 e. The van der Waals surface area contributed by atoms with Gasteiger partial charge in [0, 0.05) is 43.0 Å². The number of hydrogen-bond acceptors (Lipinski definition) is 7. The van der Waals surface area contributed by atoms with Crippen LogP contribution in [0.25, 0.3) is 11.0 Å². The Hall–Kier alpha value is -2.42. The topological polar surface area (TPSA) is 91.2 Å². The number of fused-ring (bicyclic) bond motifs is 1.